The molecule has 0 amide bonds. The van der Waals surface area contributed by atoms with Crippen LogP contribution >= 0.6 is 0 Å². The summed E-state index contributed by atoms with van der Waals surface area (Å²) in [7, 11) is 0. The predicted molar refractivity (Wildman–Crippen MR) is 59.2 cm³/mol. The van der Waals surface area contributed by atoms with Crippen molar-refractivity contribution in [1.29, 1.82) is 0 Å². The quantitative estimate of drug-likeness (QED) is 0.604. The molecule has 0 aromatic heterocycles. The first-order valence-corrected chi connectivity index (χ1v) is 6.20. The van der Waals surface area contributed by atoms with Crippen molar-refractivity contribution in [3.8, 4) is 0 Å². The third-order valence-corrected chi connectivity index (χ3v) is 3.97. The second kappa shape index (κ2) is 4.31. The van der Waals surface area contributed by atoms with Gasteiger partial charge in [0.05, 0.1) is 6.61 Å². The highest BCUT2D eigenvalue weighted by molar-refractivity contribution is 5.77. The highest BCUT2D eigenvalue weighted by atomic mass is 16.5. The zero-order valence-electron chi connectivity index (χ0n) is 9.52. The summed E-state index contributed by atoms with van der Waals surface area (Å²) < 4.78 is 5.02. The lowest BCUT2D eigenvalue weighted by atomic mass is 10.1. The van der Waals surface area contributed by atoms with Crippen LogP contribution in [-0.4, -0.2) is 73.7 Å². The highest BCUT2D eigenvalue weighted by Gasteiger charge is 2.35. The van der Waals surface area contributed by atoms with Crippen LogP contribution in [0.15, 0.2) is 0 Å². The van der Waals surface area contributed by atoms with Crippen molar-refractivity contribution in [2.24, 2.45) is 0 Å². The molecule has 0 radical (unpaired) electrons. The number of rotatable bonds is 2. The summed E-state index contributed by atoms with van der Waals surface area (Å²) in [6, 6.07) is 0.777. The van der Waals surface area contributed by atoms with E-state index in [0.29, 0.717) is 6.61 Å². The number of carbonyl (C=O) groups is 1. The fourth-order valence-corrected chi connectivity index (χ4v) is 2.76. The maximum atomic E-state index is 11.5. The number of piperazine rings is 1. The van der Waals surface area contributed by atoms with E-state index < -0.39 is 0 Å². The lowest BCUT2D eigenvalue weighted by Gasteiger charge is -2.44. The molecule has 0 aromatic rings. The van der Waals surface area contributed by atoms with Crippen molar-refractivity contribution >= 4 is 5.97 Å². The Hall–Kier alpha value is -0.650. The van der Waals surface area contributed by atoms with Crippen molar-refractivity contribution in [1.82, 2.24) is 15.1 Å². The van der Waals surface area contributed by atoms with Gasteiger partial charge >= 0.3 is 5.97 Å². The fraction of sp³-hybridized carbons (Fsp3) is 0.909. The Balaban J connectivity index is 1.51. The van der Waals surface area contributed by atoms with Crippen LogP contribution in [0, 0.1) is 0 Å². The van der Waals surface area contributed by atoms with Crippen LogP contribution < -0.4 is 5.32 Å². The first-order chi connectivity index (χ1) is 7.84. The first-order valence-electron chi connectivity index (χ1n) is 6.20. The molecule has 1 N–H and O–H groups in total. The SMILES string of the molecule is O=C1OCCC1N1CCN(C2CNC2)CC1. The molecule has 5 heteroatoms. The van der Waals surface area contributed by atoms with Crippen molar-refractivity contribution in [2.45, 2.75) is 18.5 Å². The van der Waals surface area contributed by atoms with Gasteiger partial charge in [-0.15, -0.1) is 0 Å². The van der Waals surface area contributed by atoms with Gasteiger partial charge in [0.15, 0.2) is 0 Å². The Labute approximate surface area is 95.7 Å². The number of cyclic esters (lactones) is 1. The molecule has 1 unspecified atom stereocenters. The number of hydrogen-bond donors (Lipinski definition) is 1. The summed E-state index contributed by atoms with van der Waals surface area (Å²) >= 11 is 0. The third kappa shape index (κ3) is 1.83. The Morgan fingerprint density at radius 1 is 1.12 bits per heavy atom. The molecule has 3 rings (SSSR count). The maximum Gasteiger partial charge on any atom is 0.323 e. The van der Waals surface area contributed by atoms with Gasteiger partial charge in [-0.3, -0.25) is 14.6 Å². The van der Waals surface area contributed by atoms with Crippen LogP contribution in [-0.2, 0) is 9.53 Å². The van der Waals surface area contributed by atoms with Gasteiger partial charge in [-0.2, -0.15) is 0 Å². The summed E-state index contributed by atoms with van der Waals surface area (Å²) in [5, 5.41) is 3.30. The summed E-state index contributed by atoms with van der Waals surface area (Å²) in [6.45, 7) is 7.08. The molecule has 3 heterocycles. The lowest BCUT2D eigenvalue weighted by molar-refractivity contribution is -0.143. The Kier molecular flexibility index (Phi) is 2.83. The van der Waals surface area contributed by atoms with Gasteiger partial charge in [0.1, 0.15) is 6.04 Å². The molecule has 0 bridgehead atoms. The maximum absolute atomic E-state index is 11.5. The molecule has 0 aromatic carbocycles. The number of carbonyl (C=O) groups excluding carboxylic acids is 1. The molecular weight excluding hydrogens is 206 g/mol. The van der Waals surface area contributed by atoms with Gasteiger partial charge < -0.3 is 10.1 Å². The molecule has 90 valence electrons. The van der Waals surface area contributed by atoms with Gasteiger partial charge in [0, 0.05) is 51.7 Å². The molecule has 0 aliphatic carbocycles. The second-order valence-electron chi connectivity index (χ2n) is 4.86. The van der Waals surface area contributed by atoms with Gasteiger partial charge in [0.2, 0.25) is 0 Å². The molecule has 0 saturated carbocycles. The monoisotopic (exact) mass is 225 g/mol. The Morgan fingerprint density at radius 3 is 2.31 bits per heavy atom. The molecule has 3 aliphatic heterocycles. The normalized spacial score (nSPS) is 33.8. The Bertz CT molecular complexity index is 272. The van der Waals surface area contributed by atoms with Crippen molar-refractivity contribution < 1.29 is 9.53 Å². The van der Waals surface area contributed by atoms with Gasteiger partial charge in [-0.1, -0.05) is 0 Å². The van der Waals surface area contributed by atoms with Gasteiger partial charge in [-0.05, 0) is 0 Å². The number of nitrogens with zero attached hydrogens (tertiary/aromatic N) is 2. The highest BCUT2D eigenvalue weighted by Crippen LogP contribution is 2.17. The molecule has 3 aliphatic rings. The Morgan fingerprint density at radius 2 is 1.81 bits per heavy atom. The minimum atomic E-state index is -0.0150. The molecule has 1 atom stereocenters. The zero-order valence-corrected chi connectivity index (χ0v) is 9.52. The average molecular weight is 225 g/mol. The molecule has 16 heavy (non-hydrogen) atoms. The summed E-state index contributed by atoms with van der Waals surface area (Å²) in [6.07, 6.45) is 0.879. The molecule has 0 spiro atoms. The minimum Gasteiger partial charge on any atom is -0.464 e. The van der Waals surface area contributed by atoms with Crippen LogP contribution in [0.3, 0.4) is 0 Å². The van der Waals surface area contributed by atoms with E-state index in [1.807, 2.05) is 0 Å². The van der Waals surface area contributed by atoms with E-state index in [1.54, 1.807) is 0 Å². The van der Waals surface area contributed by atoms with E-state index in [2.05, 4.69) is 15.1 Å². The number of esters is 1. The minimum absolute atomic E-state index is 0.0150. The fourth-order valence-electron chi connectivity index (χ4n) is 2.76. The lowest BCUT2D eigenvalue weighted by Crippen LogP contribution is -2.62. The summed E-state index contributed by atoms with van der Waals surface area (Å²) in [5.41, 5.74) is 0. The average Bonchev–Trinajstić information content (AvgIpc) is 2.63. The topological polar surface area (TPSA) is 44.8 Å². The summed E-state index contributed by atoms with van der Waals surface area (Å²) in [5.74, 6) is -0.0150. The van der Waals surface area contributed by atoms with E-state index in [4.69, 9.17) is 4.74 Å². The van der Waals surface area contributed by atoms with Gasteiger partial charge in [0.25, 0.3) is 0 Å². The number of hydrogen-bond acceptors (Lipinski definition) is 5. The van der Waals surface area contributed by atoms with Crippen molar-refractivity contribution in [3.63, 3.8) is 0 Å². The van der Waals surface area contributed by atoms with Crippen LogP contribution in [0.25, 0.3) is 0 Å². The van der Waals surface area contributed by atoms with Crippen molar-refractivity contribution in [3.05, 3.63) is 0 Å². The summed E-state index contributed by atoms with van der Waals surface area (Å²) in [4.78, 5) is 16.3. The van der Waals surface area contributed by atoms with Crippen LogP contribution in [0.1, 0.15) is 6.42 Å². The predicted octanol–water partition coefficient (Wildman–Crippen LogP) is -1.11. The van der Waals surface area contributed by atoms with E-state index >= 15 is 0 Å². The van der Waals surface area contributed by atoms with E-state index in [9.17, 15) is 4.79 Å². The molecule has 5 nitrogen and oxygen atoms in total. The van der Waals surface area contributed by atoms with E-state index in [1.165, 1.54) is 0 Å². The standard InChI is InChI=1S/C11H19N3O2/c15-11-10(1-6-16-11)14-4-2-13(3-5-14)9-7-12-8-9/h9-10,12H,1-8H2. The first kappa shape index (κ1) is 10.5. The van der Waals surface area contributed by atoms with E-state index in [0.717, 1.165) is 51.7 Å². The molecule has 3 fully saturated rings. The van der Waals surface area contributed by atoms with Crippen LogP contribution in [0.4, 0.5) is 0 Å². The van der Waals surface area contributed by atoms with Crippen LogP contribution in [0.2, 0.25) is 0 Å². The zero-order chi connectivity index (χ0) is 11.0. The molecular formula is C11H19N3O2. The smallest absolute Gasteiger partial charge is 0.323 e. The van der Waals surface area contributed by atoms with Gasteiger partial charge in [-0.25, -0.2) is 0 Å². The van der Waals surface area contributed by atoms with Crippen LogP contribution in [0.5, 0.6) is 0 Å². The van der Waals surface area contributed by atoms with E-state index in [-0.39, 0.29) is 12.0 Å². The number of ether oxygens (including phenoxy) is 1. The third-order valence-electron chi connectivity index (χ3n) is 3.97. The largest absolute Gasteiger partial charge is 0.464 e. The van der Waals surface area contributed by atoms with Crippen molar-refractivity contribution in [2.75, 3.05) is 45.9 Å². The molecule has 3 saturated heterocycles. The number of nitrogens with one attached hydrogen (secondary N) is 1. The second-order valence-corrected chi connectivity index (χ2v) is 4.86.